The van der Waals surface area contributed by atoms with Gasteiger partial charge in [-0.3, -0.25) is 0 Å². The molecule has 5 rings (SSSR count). The normalized spacial score (nSPS) is 12.5. The van der Waals surface area contributed by atoms with Gasteiger partial charge in [-0.1, -0.05) is 71.8 Å². The van der Waals surface area contributed by atoms with Crippen LogP contribution < -0.4 is 0 Å². The quantitative estimate of drug-likeness (QED) is 0.346. The number of hydrogen-bond acceptors (Lipinski definition) is 0. The van der Waals surface area contributed by atoms with Crippen molar-refractivity contribution in [2.75, 3.05) is 0 Å². The van der Waals surface area contributed by atoms with Crippen LogP contribution in [0.3, 0.4) is 0 Å². The van der Waals surface area contributed by atoms with Gasteiger partial charge in [-0.2, -0.15) is 0 Å². The monoisotopic (exact) mass is 330 g/mol. The Labute approximate surface area is 154 Å². The van der Waals surface area contributed by atoms with Gasteiger partial charge in [0.1, 0.15) is 0 Å². The van der Waals surface area contributed by atoms with Crippen molar-refractivity contribution in [3.63, 3.8) is 0 Å². The molecule has 1 aliphatic rings. The first-order valence-electron chi connectivity index (χ1n) is 8.98. The van der Waals surface area contributed by atoms with E-state index >= 15 is 0 Å². The molecular formula is C26H18-2. The topological polar surface area (TPSA) is 0 Å². The van der Waals surface area contributed by atoms with Gasteiger partial charge in [0.2, 0.25) is 0 Å². The van der Waals surface area contributed by atoms with Crippen LogP contribution in [0.15, 0.2) is 109 Å². The van der Waals surface area contributed by atoms with Gasteiger partial charge in [0, 0.05) is 0 Å². The van der Waals surface area contributed by atoms with Crippen molar-refractivity contribution >= 4 is 0 Å². The van der Waals surface area contributed by atoms with E-state index in [9.17, 15) is 0 Å². The van der Waals surface area contributed by atoms with E-state index in [-0.39, 0.29) is 0 Å². The van der Waals surface area contributed by atoms with Gasteiger partial charge in [0.15, 0.2) is 0 Å². The smallest absolute Gasteiger partial charge is 0.0729 e. The molecule has 26 heavy (non-hydrogen) atoms. The number of fused-ring (bicyclic) bond motifs is 2. The molecule has 0 radical (unpaired) electrons. The average molecular weight is 330 g/mol. The fourth-order valence-electron chi connectivity index (χ4n) is 3.96. The standard InChI is InChI=1S/C26H18/c1-3-11-19(12-4-1)25-21-15-7-9-17-23(21)26(20-13-5-2-6-14-20)24-18-10-8-16-22(24)25/h1-18H/q-2. The van der Waals surface area contributed by atoms with E-state index in [0.29, 0.717) is 0 Å². The van der Waals surface area contributed by atoms with Crippen LogP contribution >= 0.6 is 0 Å². The van der Waals surface area contributed by atoms with Crippen LogP contribution in [0, 0.1) is 11.8 Å². The highest BCUT2D eigenvalue weighted by Crippen LogP contribution is 2.47. The molecule has 0 bridgehead atoms. The van der Waals surface area contributed by atoms with E-state index in [1.165, 1.54) is 45.2 Å². The van der Waals surface area contributed by atoms with E-state index in [0.717, 1.165) is 0 Å². The van der Waals surface area contributed by atoms with Crippen LogP contribution in [0.4, 0.5) is 0 Å². The average Bonchev–Trinajstić information content (AvgIpc) is 2.73. The van der Waals surface area contributed by atoms with Crippen LogP contribution in [-0.4, -0.2) is 0 Å². The second-order valence-corrected chi connectivity index (χ2v) is 6.57. The number of benzene rings is 4. The summed E-state index contributed by atoms with van der Waals surface area (Å²) in [5.41, 5.74) is 7.74. The molecule has 0 atom stereocenters. The molecule has 0 spiro atoms. The van der Waals surface area contributed by atoms with Crippen molar-refractivity contribution in [1.29, 1.82) is 0 Å². The van der Waals surface area contributed by atoms with Crippen LogP contribution in [0.25, 0.3) is 0 Å². The lowest BCUT2D eigenvalue weighted by molar-refractivity contribution is 1.07. The molecule has 0 saturated carbocycles. The van der Waals surface area contributed by atoms with Gasteiger partial charge in [-0.05, 0) is 0 Å². The molecule has 0 unspecified atom stereocenters. The molecule has 1 aliphatic carbocycles. The Bertz CT molecular complexity index is 899. The van der Waals surface area contributed by atoms with Crippen molar-refractivity contribution in [3.8, 4) is 0 Å². The molecule has 0 fully saturated rings. The Morgan fingerprint density at radius 1 is 0.308 bits per heavy atom. The summed E-state index contributed by atoms with van der Waals surface area (Å²) in [5, 5.41) is 0. The highest BCUT2D eigenvalue weighted by atomic mass is 14.4. The largest absolute Gasteiger partial charge is 0.133 e. The summed E-state index contributed by atoms with van der Waals surface area (Å²) >= 11 is 0. The van der Waals surface area contributed by atoms with Gasteiger partial charge in [-0.15, -0.1) is 82.6 Å². The second kappa shape index (κ2) is 6.16. The first-order chi connectivity index (χ1) is 12.9. The Kier molecular flexibility index (Phi) is 3.54. The van der Waals surface area contributed by atoms with Crippen molar-refractivity contribution in [2.24, 2.45) is 0 Å². The van der Waals surface area contributed by atoms with E-state index in [1.54, 1.807) is 0 Å². The molecule has 0 aliphatic heterocycles. The zero-order chi connectivity index (χ0) is 17.3. The van der Waals surface area contributed by atoms with Crippen LogP contribution in [0.5, 0.6) is 0 Å². The van der Waals surface area contributed by atoms with E-state index in [1.807, 2.05) is 0 Å². The highest BCUT2D eigenvalue weighted by Gasteiger charge is 2.22. The lowest BCUT2D eigenvalue weighted by Crippen LogP contribution is -2.21. The summed E-state index contributed by atoms with van der Waals surface area (Å²) in [6.45, 7) is 0. The van der Waals surface area contributed by atoms with Crippen LogP contribution in [-0.2, 0) is 0 Å². The van der Waals surface area contributed by atoms with Crippen molar-refractivity contribution < 1.29 is 0 Å². The fraction of sp³-hybridized carbons (Fsp3) is 0. The maximum Gasteiger partial charge on any atom is -0.0729 e. The van der Waals surface area contributed by atoms with Gasteiger partial charge in [0.25, 0.3) is 0 Å². The van der Waals surface area contributed by atoms with E-state index in [2.05, 4.69) is 109 Å². The zero-order valence-electron chi connectivity index (χ0n) is 14.4. The predicted molar refractivity (Wildman–Crippen MR) is 107 cm³/mol. The minimum atomic E-state index is 1.26. The van der Waals surface area contributed by atoms with Gasteiger partial charge >= 0.3 is 0 Å². The minimum Gasteiger partial charge on any atom is -0.133 e. The highest BCUT2D eigenvalue weighted by molar-refractivity contribution is 5.75. The zero-order valence-corrected chi connectivity index (χ0v) is 14.4. The molecule has 0 saturated heterocycles. The third-order valence-corrected chi connectivity index (χ3v) is 5.06. The maximum absolute atomic E-state index is 2.25. The molecule has 0 aromatic heterocycles. The van der Waals surface area contributed by atoms with Crippen molar-refractivity contribution in [3.05, 3.63) is 154 Å². The molecule has 4 aromatic rings. The fourth-order valence-corrected chi connectivity index (χ4v) is 3.96. The van der Waals surface area contributed by atoms with Crippen molar-refractivity contribution in [1.82, 2.24) is 0 Å². The molecule has 0 N–H and O–H groups in total. The summed E-state index contributed by atoms with van der Waals surface area (Å²) in [4.78, 5) is 0. The van der Waals surface area contributed by atoms with E-state index in [4.69, 9.17) is 0 Å². The van der Waals surface area contributed by atoms with Crippen LogP contribution in [0.1, 0.15) is 33.4 Å². The molecule has 0 heteroatoms. The predicted octanol–water partition coefficient (Wildman–Crippen LogP) is 6.04. The van der Waals surface area contributed by atoms with Crippen molar-refractivity contribution in [2.45, 2.75) is 0 Å². The summed E-state index contributed by atoms with van der Waals surface area (Å²) in [5.74, 6) is 2.63. The molecule has 0 nitrogen and oxygen atoms in total. The van der Waals surface area contributed by atoms with Gasteiger partial charge in [-0.25, -0.2) is 0 Å². The lowest BCUT2D eigenvalue weighted by Gasteiger charge is -2.45. The van der Waals surface area contributed by atoms with Gasteiger partial charge in [0.05, 0.1) is 0 Å². The number of rotatable bonds is 2. The van der Waals surface area contributed by atoms with Crippen LogP contribution in [0.2, 0.25) is 0 Å². The molecular weight excluding hydrogens is 312 g/mol. The Morgan fingerprint density at radius 3 is 0.885 bits per heavy atom. The number of hydrogen-bond donors (Lipinski definition) is 0. The summed E-state index contributed by atoms with van der Waals surface area (Å²) in [6.07, 6.45) is 0. The summed E-state index contributed by atoms with van der Waals surface area (Å²) in [7, 11) is 0. The minimum absolute atomic E-state index is 1.26. The summed E-state index contributed by atoms with van der Waals surface area (Å²) in [6, 6.07) is 39.0. The Morgan fingerprint density at radius 2 is 0.577 bits per heavy atom. The Balaban J connectivity index is 1.80. The molecule has 0 heterocycles. The Hall–Kier alpha value is -3.38. The SMILES string of the molecule is c1ccc([C-]2c3ccccc3[C-](c3ccccc3)c3ccccc32)cc1. The second-order valence-electron chi connectivity index (χ2n) is 6.57. The van der Waals surface area contributed by atoms with Gasteiger partial charge < -0.3 is 0 Å². The molecule has 0 amide bonds. The molecule has 124 valence electrons. The molecule has 4 aromatic carbocycles. The lowest BCUT2D eigenvalue weighted by atomic mass is 9.68. The summed E-state index contributed by atoms with van der Waals surface area (Å²) < 4.78 is 0. The van der Waals surface area contributed by atoms with E-state index < -0.39 is 0 Å². The third-order valence-electron chi connectivity index (χ3n) is 5.06. The maximum atomic E-state index is 2.25. The third kappa shape index (κ3) is 2.31. The first-order valence-corrected chi connectivity index (χ1v) is 8.98. The first kappa shape index (κ1) is 14.9.